The zero-order valence-electron chi connectivity index (χ0n) is 7.17. The van der Waals surface area contributed by atoms with Gasteiger partial charge in [-0.3, -0.25) is 0 Å². The van der Waals surface area contributed by atoms with Crippen molar-refractivity contribution in [3.63, 3.8) is 0 Å². The van der Waals surface area contributed by atoms with Gasteiger partial charge in [0.2, 0.25) is 0 Å². The molecule has 1 N–H and O–H groups in total. The van der Waals surface area contributed by atoms with Crippen LogP contribution in [0.5, 0.6) is 5.75 Å². The van der Waals surface area contributed by atoms with E-state index < -0.39 is 0 Å². The maximum Gasteiger partial charge on any atom is 0.134 e. The van der Waals surface area contributed by atoms with Crippen LogP contribution in [0.4, 0.5) is 4.39 Å². The predicted molar refractivity (Wildman–Crippen MR) is 52.8 cm³/mol. The van der Waals surface area contributed by atoms with Gasteiger partial charge in [0, 0.05) is 15.5 Å². The standard InChI is InChI=1S/C10H9FOS/c1-2-6-3-7-9(12)5-13-10(7)4-8(6)11/h3-5,12H,2H2,1H3. The van der Waals surface area contributed by atoms with Crippen LogP contribution >= 0.6 is 11.3 Å². The number of rotatable bonds is 1. The second-order valence-electron chi connectivity index (χ2n) is 2.91. The minimum absolute atomic E-state index is 0.183. The van der Waals surface area contributed by atoms with Crippen molar-refractivity contribution in [2.24, 2.45) is 0 Å². The Morgan fingerprint density at radius 1 is 1.46 bits per heavy atom. The third kappa shape index (κ3) is 1.29. The first-order valence-corrected chi connectivity index (χ1v) is 4.99. The molecule has 0 radical (unpaired) electrons. The van der Waals surface area contributed by atoms with Gasteiger partial charge in [0.05, 0.1) is 0 Å². The molecule has 68 valence electrons. The molecular formula is C10H9FOS. The number of thiophene rings is 1. The monoisotopic (exact) mass is 196 g/mol. The molecule has 0 fully saturated rings. The van der Waals surface area contributed by atoms with Gasteiger partial charge < -0.3 is 5.11 Å². The van der Waals surface area contributed by atoms with Gasteiger partial charge in [-0.05, 0) is 24.1 Å². The average molecular weight is 196 g/mol. The third-order valence-electron chi connectivity index (χ3n) is 2.10. The predicted octanol–water partition coefficient (Wildman–Crippen LogP) is 3.31. The van der Waals surface area contributed by atoms with Crippen molar-refractivity contribution in [1.82, 2.24) is 0 Å². The van der Waals surface area contributed by atoms with Crippen LogP contribution in [0, 0.1) is 5.82 Å². The number of halogens is 1. The van der Waals surface area contributed by atoms with Gasteiger partial charge in [-0.25, -0.2) is 4.39 Å². The van der Waals surface area contributed by atoms with E-state index in [-0.39, 0.29) is 11.6 Å². The Hall–Kier alpha value is -1.09. The van der Waals surface area contributed by atoms with E-state index in [9.17, 15) is 9.50 Å². The highest BCUT2D eigenvalue weighted by Crippen LogP contribution is 2.32. The lowest BCUT2D eigenvalue weighted by Crippen LogP contribution is -1.85. The number of hydrogen-bond donors (Lipinski definition) is 1. The van der Waals surface area contributed by atoms with E-state index in [4.69, 9.17) is 0 Å². The molecule has 0 saturated carbocycles. The lowest BCUT2D eigenvalue weighted by molar-refractivity contribution is 0.483. The minimum atomic E-state index is -0.183. The molecule has 0 atom stereocenters. The Morgan fingerprint density at radius 2 is 2.23 bits per heavy atom. The molecule has 0 unspecified atom stereocenters. The highest BCUT2D eigenvalue weighted by molar-refractivity contribution is 7.17. The second kappa shape index (κ2) is 3.00. The quantitative estimate of drug-likeness (QED) is 0.741. The van der Waals surface area contributed by atoms with Crippen LogP contribution in [-0.2, 0) is 6.42 Å². The molecule has 1 nitrogen and oxygen atoms in total. The van der Waals surface area contributed by atoms with Crippen LogP contribution in [0.25, 0.3) is 10.1 Å². The normalized spacial score (nSPS) is 10.9. The first kappa shape index (κ1) is 8.51. The molecule has 2 aromatic rings. The lowest BCUT2D eigenvalue weighted by atomic mass is 10.1. The summed E-state index contributed by atoms with van der Waals surface area (Å²) in [7, 11) is 0. The summed E-state index contributed by atoms with van der Waals surface area (Å²) in [6.45, 7) is 1.90. The van der Waals surface area contributed by atoms with Gasteiger partial charge in [-0.15, -0.1) is 11.3 Å². The fraction of sp³-hybridized carbons (Fsp3) is 0.200. The Bertz CT molecular complexity index is 447. The van der Waals surface area contributed by atoms with Crippen molar-refractivity contribution in [2.45, 2.75) is 13.3 Å². The summed E-state index contributed by atoms with van der Waals surface area (Å²) < 4.78 is 14.1. The Labute approximate surface area is 79.4 Å². The number of hydrogen-bond acceptors (Lipinski definition) is 2. The highest BCUT2D eigenvalue weighted by Gasteiger charge is 2.07. The van der Waals surface area contributed by atoms with Gasteiger partial charge in [0.25, 0.3) is 0 Å². The SMILES string of the molecule is CCc1cc2c(O)csc2cc1F. The molecule has 0 aliphatic carbocycles. The van der Waals surface area contributed by atoms with Crippen molar-refractivity contribution in [1.29, 1.82) is 0 Å². The summed E-state index contributed by atoms with van der Waals surface area (Å²) in [5, 5.41) is 11.8. The van der Waals surface area contributed by atoms with Crippen molar-refractivity contribution in [2.75, 3.05) is 0 Å². The van der Waals surface area contributed by atoms with E-state index in [0.29, 0.717) is 12.0 Å². The molecule has 0 amide bonds. The first-order chi connectivity index (χ1) is 6.22. The van der Waals surface area contributed by atoms with Gasteiger partial charge in [0.1, 0.15) is 11.6 Å². The largest absolute Gasteiger partial charge is 0.506 e. The molecule has 0 bridgehead atoms. The molecule has 1 heterocycles. The molecular weight excluding hydrogens is 187 g/mol. The van der Waals surface area contributed by atoms with Crippen molar-refractivity contribution in [3.8, 4) is 5.75 Å². The number of fused-ring (bicyclic) bond motifs is 1. The smallest absolute Gasteiger partial charge is 0.134 e. The van der Waals surface area contributed by atoms with E-state index >= 15 is 0 Å². The van der Waals surface area contributed by atoms with Crippen molar-refractivity contribution < 1.29 is 9.50 Å². The maximum absolute atomic E-state index is 13.3. The van der Waals surface area contributed by atoms with E-state index in [1.165, 1.54) is 17.4 Å². The molecule has 1 aromatic heterocycles. The summed E-state index contributed by atoms with van der Waals surface area (Å²) in [5.41, 5.74) is 0.654. The first-order valence-electron chi connectivity index (χ1n) is 4.11. The molecule has 2 rings (SSSR count). The Kier molecular flexibility index (Phi) is 1.96. The summed E-state index contributed by atoms with van der Waals surface area (Å²) in [6, 6.07) is 3.20. The zero-order valence-corrected chi connectivity index (χ0v) is 7.99. The molecule has 0 spiro atoms. The van der Waals surface area contributed by atoms with Crippen LogP contribution in [0.15, 0.2) is 17.5 Å². The molecule has 0 aliphatic heterocycles. The van der Waals surface area contributed by atoms with Gasteiger partial charge in [0.15, 0.2) is 0 Å². The highest BCUT2D eigenvalue weighted by atomic mass is 32.1. The number of aryl methyl sites for hydroxylation is 1. The third-order valence-corrected chi connectivity index (χ3v) is 3.04. The molecule has 3 heteroatoms. The topological polar surface area (TPSA) is 20.2 Å². The summed E-state index contributed by atoms with van der Waals surface area (Å²) >= 11 is 1.36. The molecule has 1 aromatic carbocycles. The Morgan fingerprint density at radius 3 is 2.92 bits per heavy atom. The molecule has 0 saturated heterocycles. The van der Waals surface area contributed by atoms with Gasteiger partial charge in [-0.2, -0.15) is 0 Å². The molecule has 0 aliphatic rings. The van der Waals surface area contributed by atoms with E-state index in [1.54, 1.807) is 11.4 Å². The zero-order chi connectivity index (χ0) is 9.42. The lowest BCUT2D eigenvalue weighted by Gasteiger charge is -1.99. The Balaban J connectivity index is 2.77. The van der Waals surface area contributed by atoms with E-state index in [1.807, 2.05) is 6.92 Å². The summed E-state index contributed by atoms with van der Waals surface area (Å²) in [6.07, 6.45) is 0.650. The minimum Gasteiger partial charge on any atom is -0.506 e. The van der Waals surface area contributed by atoms with Crippen LogP contribution in [0.3, 0.4) is 0 Å². The van der Waals surface area contributed by atoms with Crippen LogP contribution in [0.1, 0.15) is 12.5 Å². The van der Waals surface area contributed by atoms with Crippen LogP contribution in [0.2, 0.25) is 0 Å². The fourth-order valence-corrected chi connectivity index (χ4v) is 2.18. The summed E-state index contributed by atoms with van der Waals surface area (Å²) in [4.78, 5) is 0. The van der Waals surface area contributed by atoms with E-state index in [0.717, 1.165) is 10.1 Å². The average Bonchev–Trinajstić information content (AvgIpc) is 2.46. The maximum atomic E-state index is 13.3. The van der Waals surface area contributed by atoms with Crippen LogP contribution < -0.4 is 0 Å². The van der Waals surface area contributed by atoms with Crippen LogP contribution in [-0.4, -0.2) is 5.11 Å². The van der Waals surface area contributed by atoms with Gasteiger partial charge in [-0.1, -0.05) is 6.92 Å². The van der Waals surface area contributed by atoms with Crippen molar-refractivity contribution in [3.05, 3.63) is 28.9 Å². The molecule has 13 heavy (non-hydrogen) atoms. The number of aromatic hydroxyl groups is 1. The fourth-order valence-electron chi connectivity index (χ4n) is 1.35. The van der Waals surface area contributed by atoms with Gasteiger partial charge >= 0.3 is 0 Å². The summed E-state index contributed by atoms with van der Waals surface area (Å²) in [5.74, 6) is 0.0616. The van der Waals surface area contributed by atoms with Crippen molar-refractivity contribution >= 4 is 21.4 Å². The second-order valence-corrected chi connectivity index (χ2v) is 3.83. The number of benzene rings is 1. The van der Waals surface area contributed by atoms with E-state index in [2.05, 4.69) is 0 Å².